The fourth-order valence-corrected chi connectivity index (χ4v) is 6.48. The van der Waals surface area contributed by atoms with E-state index in [0.29, 0.717) is 51.7 Å². The molecule has 0 spiro atoms. The Balaban J connectivity index is 0. The first kappa shape index (κ1) is 61.2. The van der Waals surface area contributed by atoms with Crippen LogP contribution in [-0.4, -0.2) is 121 Å². The molecule has 5 atom stereocenters. The number of hydrogen-bond donors (Lipinski definition) is 8. The summed E-state index contributed by atoms with van der Waals surface area (Å²) in [4.78, 5) is 85.3. The van der Waals surface area contributed by atoms with Gasteiger partial charge in [0.05, 0.1) is 19.2 Å². The number of aliphatic hydroxyl groups excluding tert-OH is 1. The normalized spacial score (nSPS) is 15.0. The molecule has 353 valence electrons. The zero-order valence-electron chi connectivity index (χ0n) is 37.4. The van der Waals surface area contributed by atoms with Crippen molar-refractivity contribution in [2.75, 3.05) is 39.3 Å². The van der Waals surface area contributed by atoms with Gasteiger partial charge in [0.1, 0.15) is 11.8 Å². The number of amides is 5. The molecule has 1 unspecified atom stereocenters. The monoisotopic (exact) mass is 952 g/mol. The summed E-state index contributed by atoms with van der Waals surface area (Å²) in [7, 11) is 0. The maximum absolute atomic E-state index is 12.4. The molecule has 0 saturated carbocycles. The molecule has 5 amide bonds. The van der Waals surface area contributed by atoms with Crippen molar-refractivity contribution in [2.24, 2.45) is 17.2 Å². The van der Waals surface area contributed by atoms with E-state index in [0.717, 1.165) is 116 Å². The van der Waals surface area contributed by atoms with Crippen molar-refractivity contribution >= 4 is 41.6 Å². The molecule has 1 saturated heterocycles. The van der Waals surface area contributed by atoms with Gasteiger partial charge in [0.15, 0.2) is 0 Å². The van der Waals surface area contributed by atoms with E-state index in [9.17, 15) is 33.6 Å². The van der Waals surface area contributed by atoms with Crippen LogP contribution in [0, 0.1) is 6.57 Å². The summed E-state index contributed by atoms with van der Waals surface area (Å²) in [6, 6.07) is -3.00. The van der Waals surface area contributed by atoms with Crippen LogP contribution in [-0.2, 0) is 66.3 Å². The van der Waals surface area contributed by atoms with Gasteiger partial charge in [-0.25, -0.2) is 12.9 Å². The minimum absolute atomic E-state index is 0. The van der Waals surface area contributed by atoms with Gasteiger partial charge in [0.2, 0.25) is 29.5 Å². The van der Waals surface area contributed by atoms with Gasteiger partial charge in [-0.05, 0) is 44.9 Å². The van der Waals surface area contributed by atoms with E-state index in [1.807, 2.05) is 0 Å². The Hall–Kier alpha value is -2.92. The van der Waals surface area contributed by atoms with Crippen LogP contribution in [0.5, 0.6) is 0 Å². The minimum Gasteiger partial charge on any atom is -0.669 e. The van der Waals surface area contributed by atoms with Gasteiger partial charge in [0, 0.05) is 84.6 Å². The zero-order chi connectivity index (χ0) is 45.7. The molecule has 1 rings (SSSR count). The molecule has 0 aliphatic carbocycles. The summed E-state index contributed by atoms with van der Waals surface area (Å²) < 4.78 is 0. The van der Waals surface area contributed by atoms with E-state index in [-0.39, 0.29) is 75.1 Å². The number of nitrogens with one attached hydrogen (secondary N) is 5. The second-order valence-electron chi connectivity index (χ2n) is 15.9. The molecule has 1 aliphatic heterocycles. The van der Waals surface area contributed by atoms with Crippen molar-refractivity contribution in [3.8, 4) is 0 Å². The number of likely N-dealkylation sites (tertiary alicyclic amines) is 1. The molecule has 0 aromatic carbocycles. The molecule has 1 heterocycles. The van der Waals surface area contributed by atoms with E-state index in [4.69, 9.17) is 34.6 Å². The van der Waals surface area contributed by atoms with Gasteiger partial charge in [-0.15, -0.1) is 0 Å². The topological polar surface area (TPSA) is 297 Å². The molecule has 0 aromatic rings. The van der Waals surface area contributed by atoms with Crippen LogP contribution >= 0.6 is 0 Å². The summed E-state index contributed by atoms with van der Waals surface area (Å²) in [5.74, 6) is -1.15. The van der Waals surface area contributed by atoms with Crippen LogP contribution < -0.4 is 38.5 Å². The first-order valence-electron chi connectivity index (χ1n) is 22.5. The summed E-state index contributed by atoms with van der Waals surface area (Å²) in [5, 5.41) is 19.9. The van der Waals surface area contributed by atoms with E-state index < -0.39 is 42.8 Å². The fourth-order valence-electron chi connectivity index (χ4n) is 6.48. The number of nitrogens with two attached hydrogens (primary N) is 3. The Morgan fingerprint density at radius 3 is 1.65 bits per heavy atom. The van der Waals surface area contributed by atoms with Gasteiger partial charge >= 0.3 is 6.17 Å². The number of carbonyl (C=O) groups excluding carboxylic acids is 7. The van der Waals surface area contributed by atoms with E-state index in [1.54, 1.807) is 11.2 Å². The third-order valence-electron chi connectivity index (χ3n) is 10.4. The van der Waals surface area contributed by atoms with Crippen molar-refractivity contribution in [2.45, 2.75) is 185 Å². The van der Waals surface area contributed by atoms with E-state index >= 15 is 0 Å². The maximum atomic E-state index is 12.4. The van der Waals surface area contributed by atoms with E-state index in [2.05, 4.69) is 26.1 Å². The number of aliphatic hydroxyl groups is 1. The molecule has 1 aliphatic rings. The number of unbranched alkanes of at least 4 members (excludes halogenated alkanes) is 13. The zero-order valence-corrected chi connectivity index (χ0v) is 40.2. The Morgan fingerprint density at radius 1 is 0.758 bits per heavy atom. The molecule has 19 heteroatoms. The Morgan fingerprint density at radius 2 is 1.21 bits per heavy atom. The van der Waals surface area contributed by atoms with Crippen molar-refractivity contribution in [3.05, 3.63) is 17.2 Å². The Labute approximate surface area is 395 Å². The second-order valence-corrected chi connectivity index (χ2v) is 15.9. The third kappa shape index (κ3) is 33.6. The molecule has 62 heavy (non-hydrogen) atoms. The summed E-state index contributed by atoms with van der Waals surface area (Å²) in [6.07, 6.45) is 21.5. The van der Waals surface area contributed by atoms with Crippen LogP contribution in [0.4, 0.5) is 0 Å². The predicted molar refractivity (Wildman–Crippen MR) is 236 cm³/mol. The molecule has 1 radical (unpaired) electrons. The van der Waals surface area contributed by atoms with Crippen LogP contribution in [0.25, 0.3) is 10.6 Å². The van der Waals surface area contributed by atoms with Gasteiger partial charge in [0.25, 0.3) is 0 Å². The Bertz CT molecular complexity index is 1310. The molecular formula is C43H78N10O8Y-2. The number of carbonyl (C=O) groups is 6. The summed E-state index contributed by atoms with van der Waals surface area (Å²) in [5.41, 5.74) is 23.4. The number of nitrogens with zero attached hydrogens (tertiary/aromatic N) is 2. The quantitative estimate of drug-likeness (QED) is 0.0334. The minimum atomic E-state index is -0.914. The average Bonchev–Trinajstić information content (AvgIpc) is 3.73. The van der Waals surface area contributed by atoms with Crippen molar-refractivity contribution < 1.29 is 71.4 Å². The number of primary amides is 1. The smallest absolute Gasteiger partial charge is 0.300 e. The number of Topliss-reactive ketones (excluding diaryl/α,β-unsaturated/α-hetero) is 1. The first-order valence-corrected chi connectivity index (χ1v) is 22.5. The summed E-state index contributed by atoms with van der Waals surface area (Å²) in [6.45, 7) is 10.6. The average molecular weight is 952 g/mol. The van der Waals surface area contributed by atoms with Gasteiger partial charge < -0.3 is 48.8 Å². The number of ketones is 1. The van der Waals surface area contributed by atoms with Crippen LogP contribution in [0.2, 0.25) is 0 Å². The van der Waals surface area contributed by atoms with Gasteiger partial charge in [-0.3, -0.25) is 43.8 Å². The number of rotatable bonds is 36. The van der Waals surface area contributed by atoms with Gasteiger partial charge in [-0.2, -0.15) is 0 Å². The van der Waals surface area contributed by atoms with Crippen molar-refractivity contribution in [1.29, 1.82) is 0 Å². The van der Waals surface area contributed by atoms with Crippen LogP contribution in [0.15, 0.2) is 0 Å². The Kier molecular flexibility index (Phi) is 40.3. The van der Waals surface area contributed by atoms with E-state index in [1.165, 1.54) is 6.92 Å². The molecule has 0 aromatic heterocycles. The second kappa shape index (κ2) is 40.8. The standard InChI is InChI=1S/C36H64N7O5.C7H14N3O3.Y/c1-39-32-20-18-28-43(32)36(48)31(38)23-24-35(47)42-26-16-11-7-3-5-8-12-21-33(45)40-25-15-10-6-2-4-9-13-22-34(46)41-27-17-14-19-30(37)29-44;1-4(8)6(12)2-10-5(3-11)7(9)13;/h30-32H,2-28,37-38H2,(H,40,45)(H,41,46)(H,42,47);4-5,8,10-11H,2-3H2,1H3,(H2,9,13);/q2*-1;/t30-,31?,32-;4-,5+;/m01./s1. The molecule has 12 N–H and O–H groups in total. The molecule has 1 fully saturated rings. The van der Waals surface area contributed by atoms with Crippen LogP contribution in [0.3, 0.4) is 0 Å². The molecule has 18 nitrogen and oxygen atoms in total. The van der Waals surface area contributed by atoms with Crippen LogP contribution in [0.1, 0.15) is 155 Å². The maximum Gasteiger partial charge on any atom is 0.300 e. The van der Waals surface area contributed by atoms with Gasteiger partial charge in [-0.1, -0.05) is 96.1 Å². The molecular weight excluding hydrogens is 873 g/mol. The largest absolute Gasteiger partial charge is 0.669 e. The molecule has 0 bridgehead atoms. The SMILES string of the molecule is C[C@@H]([NH-])C(=O)CN[C@@H](CO)C(N)=O.[C-]#[N+][C@@H]1CCCN1C(=O)C(N)CCC(=O)NCCCCCCCCCC(=O)NCCCCCCCCCC(=O)NCCCC[C@H](N)[C-]=O.[Y]. The third-order valence-corrected chi connectivity index (χ3v) is 10.4. The predicted octanol–water partition coefficient (Wildman–Crippen LogP) is 2.59. The summed E-state index contributed by atoms with van der Waals surface area (Å²) >= 11 is 0. The van der Waals surface area contributed by atoms with Crippen molar-refractivity contribution in [3.63, 3.8) is 0 Å². The fraction of sp³-hybridized carbons (Fsp3) is 0.814. The van der Waals surface area contributed by atoms with Crippen molar-refractivity contribution in [1.82, 2.24) is 26.2 Å². The first-order chi connectivity index (χ1) is 29.3. The number of hydrogen-bond acceptors (Lipinski definition) is 11.